The van der Waals surface area contributed by atoms with Crippen molar-refractivity contribution in [3.05, 3.63) is 16.1 Å². The van der Waals surface area contributed by atoms with Crippen LogP contribution in [0.5, 0.6) is 0 Å². The van der Waals surface area contributed by atoms with E-state index in [0.29, 0.717) is 10.7 Å². The van der Waals surface area contributed by atoms with E-state index in [1.54, 1.807) is 5.38 Å². The van der Waals surface area contributed by atoms with E-state index < -0.39 is 12.8 Å². The molecule has 0 aromatic carbocycles. The normalized spacial score (nSPS) is 12.0. The molecule has 1 aromatic rings. The number of hydrogen-bond acceptors (Lipinski definition) is 4. The molecule has 0 amide bonds. The number of hydrogen-bond donors (Lipinski definition) is 1. The number of rotatable bonds is 4. The second-order valence-electron chi connectivity index (χ2n) is 2.54. The number of nitrogens with zero attached hydrogens (tertiary/aromatic N) is 1. The van der Waals surface area contributed by atoms with E-state index in [0.717, 1.165) is 0 Å². The third-order valence-electron chi connectivity index (χ3n) is 1.30. The van der Waals surface area contributed by atoms with Gasteiger partial charge in [0.25, 0.3) is 0 Å². The summed E-state index contributed by atoms with van der Waals surface area (Å²) in [4.78, 5) is 3.95. The van der Waals surface area contributed by atoms with Crippen LogP contribution in [0.4, 0.5) is 13.2 Å². The largest absolute Gasteiger partial charge is 0.411 e. The highest BCUT2D eigenvalue weighted by Gasteiger charge is 2.27. The van der Waals surface area contributed by atoms with Gasteiger partial charge in [0.15, 0.2) is 0 Å². The Morgan fingerprint density at radius 2 is 2.21 bits per heavy atom. The number of aromatic nitrogens is 1. The van der Waals surface area contributed by atoms with Gasteiger partial charge in [-0.1, -0.05) is 0 Å². The lowest BCUT2D eigenvalue weighted by Gasteiger charge is -2.05. The maximum atomic E-state index is 11.7. The predicted molar refractivity (Wildman–Crippen MR) is 45.7 cm³/mol. The molecule has 0 fully saturated rings. The fourth-order valence-electron chi connectivity index (χ4n) is 0.763. The SMILES string of the molecule is NCc1csc(COCC(F)(F)F)n1. The quantitative estimate of drug-likeness (QED) is 0.849. The molecule has 0 spiro atoms. The van der Waals surface area contributed by atoms with E-state index in [1.807, 2.05) is 0 Å². The molecule has 0 unspecified atom stereocenters. The molecule has 0 aliphatic rings. The fourth-order valence-corrected chi connectivity index (χ4v) is 1.51. The van der Waals surface area contributed by atoms with Gasteiger partial charge in [0.1, 0.15) is 11.6 Å². The summed E-state index contributed by atoms with van der Waals surface area (Å²) >= 11 is 1.24. The van der Waals surface area contributed by atoms with E-state index in [1.165, 1.54) is 11.3 Å². The zero-order valence-electron chi connectivity index (χ0n) is 7.17. The van der Waals surface area contributed by atoms with Crippen LogP contribution in [0.15, 0.2) is 5.38 Å². The van der Waals surface area contributed by atoms with Crippen LogP contribution in [0.3, 0.4) is 0 Å². The Labute approximate surface area is 82.7 Å². The van der Waals surface area contributed by atoms with E-state index >= 15 is 0 Å². The number of alkyl halides is 3. The Morgan fingerprint density at radius 1 is 1.50 bits per heavy atom. The van der Waals surface area contributed by atoms with Gasteiger partial charge in [-0.2, -0.15) is 13.2 Å². The maximum absolute atomic E-state index is 11.7. The van der Waals surface area contributed by atoms with Gasteiger partial charge in [0.2, 0.25) is 0 Å². The lowest BCUT2D eigenvalue weighted by atomic mass is 10.5. The summed E-state index contributed by atoms with van der Waals surface area (Å²) in [5.74, 6) is 0. The van der Waals surface area contributed by atoms with Crippen LogP contribution < -0.4 is 5.73 Å². The van der Waals surface area contributed by atoms with Crippen molar-refractivity contribution < 1.29 is 17.9 Å². The van der Waals surface area contributed by atoms with Crippen molar-refractivity contribution in [2.75, 3.05) is 6.61 Å². The van der Waals surface area contributed by atoms with Gasteiger partial charge in [-0.15, -0.1) is 11.3 Å². The van der Waals surface area contributed by atoms with Crippen molar-refractivity contribution in [1.29, 1.82) is 0 Å². The molecule has 0 atom stereocenters. The van der Waals surface area contributed by atoms with Gasteiger partial charge in [-0.05, 0) is 0 Å². The van der Waals surface area contributed by atoms with Crippen molar-refractivity contribution in [2.45, 2.75) is 19.3 Å². The predicted octanol–water partition coefficient (Wildman–Crippen LogP) is 1.68. The third-order valence-corrected chi connectivity index (χ3v) is 2.17. The van der Waals surface area contributed by atoms with E-state index in [4.69, 9.17) is 5.73 Å². The molecule has 0 radical (unpaired) electrons. The Kier molecular flexibility index (Phi) is 3.85. The van der Waals surface area contributed by atoms with Crippen LogP contribution in [0, 0.1) is 0 Å². The minimum absolute atomic E-state index is 0.121. The first-order valence-corrected chi connectivity index (χ1v) is 4.67. The molecule has 0 aliphatic carbocycles. The highest BCUT2D eigenvalue weighted by Crippen LogP contribution is 2.16. The monoisotopic (exact) mass is 226 g/mol. The molecule has 0 saturated heterocycles. The molecular weight excluding hydrogens is 217 g/mol. The van der Waals surface area contributed by atoms with E-state index in [9.17, 15) is 13.2 Å². The van der Waals surface area contributed by atoms with Gasteiger partial charge in [-0.25, -0.2) is 4.98 Å². The van der Waals surface area contributed by atoms with Crippen LogP contribution in [0.2, 0.25) is 0 Å². The molecular formula is C7H9F3N2OS. The first-order valence-electron chi connectivity index (χ1n) is 3.79. The summed E-state index contributed by atoms with van der Waals surface area (Å²) in [6.07, 6.45) is -4.28. The Balaban J connectivity index is 2.31. The van der Waals surface area contributed by atoms with Crippen molar-refractivity contribution >= 4 is 11.3 Å². The topological polar surface area (TPSA) is 48.1 Å². The Hall–Kier alpha value is -0.660. The smallest absolute Gasteiger partial charge is 0.365 e. The lowest BCUT2D eigenvalue weighted by Crippen LogP contribution is -2.16. The van der Waals surface area contributed by atoms with E-state index in [-0.39, 0.29) is 13.2 Å². The zero-order valence-corrected chi connectivity index (χ0v) is 7.99. The van der Waals surface area contributed by atoms with Gasteiger partial charge >= 0.3 is 6.18 Å². The number of thiazole rings is 1. The number of nitrogens with two attached hydrogens (primary N) is 1. The molecule has 3 nitrogen and oxygen atoms in total. The van der Waals surface area contributed by atoms with Crippen molar-refractivity contribution in [2.24, 2.45) is 5.73 Å². The molecule has 1 rings (SSSR count). The highest BCUT2D eigenvalue weighted by atomic mass is 32.1. The van der Waals surface area contributed by atoms with Gasteiger partial charge in [0, 0.05) is 11.9 Å². The molecule has 1 heterocycles. The van der Waals surface area contributed by atoms with Crippen molar-refractivity contribution in [1.82, 2.24) is 4.98 Å². The zero-order chi connectivity index (χ0) is 10.6. The van der Waals surface area contributed by atoms with Crippen LogP contribution in [0.25, 0.3) is 0 Å². The first kappa shape index (κ1) is 11.4. The molecule has 0 saturated carbocycles. The summed E-state index contributed by atoms with van der Waals surface area (Å²) in [6.45, 7) is -1.08. The Bertz CT molecular complexity index is 287. The molecule has 14 heavy (non-hydrogen) atoms. The summed E-state index contributed by atoms with van der Waals surface area (Å²) in [5, 5.41) is 2.21. The molecule has 1 aromatic heterocycles. The molecule has 0 aliphatic heterocycles. The average Bonchev–Trinajstić information content (AvgIpc) is 2.50. The van der Waals surface area contributed by atoms with Crippen LogP contribution in [-0.2, 0) is 17.9 Å². The summed E-state index contributed by atoms with van der Waals surface area (Å²) < 4.78 is 39.4. The fraction of sp³-hybridized carbons (Fsp3) is 0.571. The lowest BCUT2D eigenvalue weighted by molar-refractivity contribution is -0.176. The average molecular weight is 226 g/mol. The van der Waals surface area contributed by atoms with Gasteiger partial charge in [-0.3, -0.25) is 0 Å². The molecule has 7 heteroatoms. The minimum atomic E-state index is -4.28. The summed E-state index contributed by atoms with van der Waals surface area (Å²) in [7, 11) is 0. The van der Waals surface area contributed by atoms with Crippen molar-refractivity contribution in [3.8, 4) is 0 Å². The number of ether oxygens (including phenoxy) is 1. The first-order chi connectivity index (χ1) is 6.51. The van der Waals surface area contributed by atoms with E-state index in [2.05, 4.69) is 9.72 Å². The highest BCUT2D eigenvalue weighted by molar-refractivity contribution is 7.09. The van der Waals surface area contributed by atoms with Crippen LogP contribution >= 0.6 is 11.3 Å². The second kappa shape index (κ2) is 4.72. The third kappa shape index (κ3) is 4.03. The van der Waals surface area contributed by atoms with Crippen molar-refractivity contribution in [3.63, 3.8) is 0 Å². The van der Waals surface area contributed by atoms with Crippen LogP contribution in [0.1, 0.15) is 10.7 Å². The maximum Gasteiger partial charge on any atom is 0.411 e. The Morgan fingerprint density at radius 3 is 2.71 bits per heavy atom. The minimum Gasteiger partial charge on any atom is -0.365 e. The molecule has 2 N–H and O–H groups in total. The second-order valence-corrected chi connectivity index (χ2v) is 3.49. The summed E-state index contributed by atoms with van der Waals surface area (Å²) in [6, 6.07) is 0. The summed E-state index contributed by atoms with van der Waals surface area (Å²) in [5.41, 5.74) is 5.95. The van der Waals surface area contributed by atoms with Gasteiger partial charge < -0.3 is 10.5 Å². The number of halogens is 3. The molecule has 80 valence electrons. The van der Waals surface area contributed by atoms with Crippen LogP contribution in [-0.4, -0.2) is 17.8 Å². The molecule has 0 bridgehead atoms. The standard InChI is InChI=1S/C7H9F3N2OS/c8-7(9,10)4-13-2-6-12-5(1-11)3-14-6/h3H,1-2,4,11H2. The van der Waals surface area contributed by atoms with Gasteiger partial charge in [0.05, 0.1) is 12.3 Å².